The summed E-state index contributed by atoms with van der Waals surface area (Å²) in [6.45, 7) is 2.67. The summed E-state index contributed by atoms with van der Waals surface area (Å²) in [5, 5.41) is 4.83. The van der Waals surface area contributed by atoms with Crippen LogP contribution in [0.3, 0.4) is 0 Å². The molecule has 0 saturated heterocycles. The standard InChI is InChI=1S/C13H20N2O2S/c1-3-15-13(12(17-2)8-14-15)11(16)9-18-10-6-4-5-7-10/h8,10H,3-7,9H2,1-2H3. The number of thioether (sulfide) groups is 1. The molecule has 0 spiro atoms. The van der Waals surface area contributed by atoms with Crippen LogP contribution in [0.15, 0.2) is 6.20 Å². The largest absolute Gasteiger partial charge is 0.493 e. The van der Waals surface area contributed by atoms with Crippen molar-refractivity contribution in [2.24, 2.45) is 0 Å². The monoisotopic (exact) mass is 268 g/mol. The van der Waals surface area contributed by atoms with Crippen LogP contribution in [0.25, 0.3) is 0 Å². The first-order chi connectivity index (χ1) is 8.76. The lowest BCUT2D eigenvalue weighted by molar-refractivity contribution is 0.100. The fourth-order valence-electron chi connectivity index (χ4n) is 2.36. The molecule has 1 heterocycles. The van der Waals surface area contributed by atoms with Crippen molar-refractivity contribution in [3.05, 3.63) is 11.9 Å². The summed E-state index contributed by atoms with van der Waals surface area (Å²) in [4.78, 5) is 12.3. The van der Waals surface area contributed by atoms with Crippen molar-refractivity contribution in [3.63, 3.8) is 0 Å². The van der Waals surface area contributed by atoms with Gasteiger partial charge in [0.1, 0.15) is 5.69 Å². The molecule has 1 fully saturated rings. The average molecular weight is 268 g/mol. The minimum Gasteiger partial charge on any atom is -0.493 e. The molecule has 5 heteroatoms. The summed E-state index contributed by atoms with van der Waals surface area (Å²) in [6.07, 6.45) is 6.74. The minimum absolute atomic E-state index is 0.128. The minimum atomic E-state index is 0.128. The molecule has 0 amide bonds. The van der Waals surface area contributed by atoms with E-state index in [1.165, 1.54) is 25.7 Å². The Hall–Kier alpha value is -0.970. The third-order valence-corrected chi connectivity index (χ3v) is 4.71. The summed E-state index contributed by atoms with van der Waals surface area (Å²) >= 11 is 1.78. The normalized spacial score (nSPS) is 16.1. The third-order valence-electron chi connectivity index (χ3n) is 3.34. The second kappa shape index (κ2) is 6.27. The number of nitrogens with zero attached hydrogens (tertiary/aromatic N) is 2. The van der Waals surface area contributed by atoms with Gasteiger partial charge in [0.05, 0.1) is 19.1 Å². The van der Waals surface area contributed by atoms with Gasteiger partial charge in [0.15, 0.2) is 11.5 Å². The van der Waals surface area contributed by atoms with Gasteiger partial charge >= 0.3 is 0 Å². The van der Waals surface area contributed by atoms with Crippen LogP contribution in [0.5, 0.6) is 5.75 Å². The maximum Gasteiger partial charge on any atom is 0.194 e. The van der Waals surface area contributed by atoms with E-state index in [-0.39, 0.29) is 5.78 Å². The van der Waals surface area contributed by atoms with Gasteiger partial charge in [0.25, 0.3) is 0 Å². The molecule has 1 aliphatic rings. The van der Waals surface area contributed by atoms with Crippen molar-refractivity contribution < 1.29 is 9.53 Å². The number of carbonyl (C=O) groups excluding carboxylic acids is 1. The van der Waals surface area contributed by atoms with Gasteiger partial charge in [-0.3, -0.25) is 9.48 Å². The number of hydrogen-bond acceptors (Lipinski definition) is 4. The smallest absolute Gasteiger partial charge is 0.194 e. The highest BCUT2D eigenvalue weighted by Crippen LogP contribution is 2.30. The highest BCUT2D eigenvalue weighted by molar-refractivity contribution is 8.00. The summed E-state index contributed by atoms with van der Waals surface area (Å²) < 4.78 is 6.93. The maximum atomic E-state index is 12.3. The van der Waals surface area contributed by atoms with Crippen LogP contribution >= 0.6 is 11.8 Å². The van der Waals surface area contributed by atoms with Crippen molar-refractivity contribution in [1.29, 1.82) is 0 Å². The number of ketones is 1. The number of methoxy groups -OCH3 is 1. The maximum absolute atomic E-state index is 12.3. The Labute approximate surface area is 112 Å². The SMILES string of the molecule is CCn1ncc(OC)c1C(=O)CSC1CCCC1. The van der Waals surface area contributed by atoms with E-state index < -0.39 is 0 Å². The van der Waals surface area contributed by atoms with Crippen molar-refractivity contribution in [3.8, 4) is 5.75 Å². The third kappa shape index (κ3) is 2.88. The summed E-state index contributed by atoms with van der Waals surface area (Å²) in [7, 11) is 1.58. The number of Topliss-reactive ketones (excluding diaryl/α,β-unsaturated/α-hetero) is 1. The molecule has 4 nitrogen and oxygen atoms in total. The predicted molar refractivity (Wildman–Crippen MR) is 73.5 cm³/mol. The molecule has 1 aromatic heterocycles. The zero-order valence-electron chi connectivity index (χ0n) is 11.0. The van der Waals surface area contributed by atoms with Gasteiger partial charge in [-0.1, -0.05) is 12.8 Å². The van der Waals surface area contributed by atoms with Gasteiger partial charge in [-0.05, 0) is 19.8 Å². The van der Waals surface area contributed by atoms with Gasteiger partial charge < -0.3 is 4.74 Å². The zero-order chi connectivity index (χ0) is 13.0. The molecule has 1 aliphatic carbocycles. The molecule has 1 saturated carbocycles. The molecule has 0 N–H and O–H groups in total. The lowest BCUT2D eigenvalue weighted by atomic mass is 10.3. The molecule has 18 heavy (non-hydrogen) atoms. The van der Waals surface area contributed by atoms with Gasteiger partial charge in [-0.25, -0.2) is 0 Å². The van der Waals surface area contributed by atoms with Crippen LogP contribution in [-0.2, 0) is 6.54 Å². The van der Waals surface area contributed by atoms with Gasteiger partial charge in [-0.2, -0.15) is 16.9 Å². The summed E-state index contributed by atoms with van der Waals surface area (Å²) in [5.74, 6) is 1.25. The fraction of sp³-hybridized carbons (Fsp3) is 0.692. The molecule has 0 aliphatic heterocycles. The molecule has 1 aromatic rings. The number of carbonyl (C=O) groups is 1. The van der Waals surface area contributed by atoms with E-state index in [9.17, 15) is 4.79 Å². The first kappa shape index (κ1) is 13.5. The molecular weight excluding hydrogens is 248 g/mol. The molecule has 100 valence electrons. The van der Waals surface area contributed by atoms with Crippen LogP contribution < -0.4 is 4.74 Å². The van der Waals surface area contributed by atoms with Gasteiger partial charge in [0.2, 0.25) is 0 Å². The van der Waals surface area contributed by atoms with E-state index in [2.05, 4.69) is 5.10 Å². The predicted octanol–water partition coefficient (Wildman–Crippen LogP) is 2.77. The highest BCUT2D eigenvalue weighted by atomic mass is 32.2. The number of aryl methyl sites for hydroxylation is 1. The van der Waals surface area contributed by atoms with E-state index in [1.807, 2.05) is 6.92 Å². The Morgan fingerprint density at radius 2 is 2.28 bits per heavy atom. The first-order valence-electron chi connectivity index (χ1n) is 6.50. The Morgan fingerprint density at radius 3 is 2.89 bits per heavy atom. The van der Waals surface area contributed by atoms with Crippen molar-refractivity contribution >= 4 is 17.5 Å². The lowest BCUT2D eigenvalue weighted by Crippen LogP contribution is -2.14. The number of aromatic nitrogens is 2. The van der Waals surface area contributed by atoms with E-state index >= 15 is 0 Å². The van der Waals surface area contributed by atoms with Crippen LogP contribution in [0.1, 0.15) is 43.1 Å². The van der Waals surface area contributed by atoms with E-state index in [1.54, 1.807) is 29.8 Å². The zero-order valence-corrected chi connectivity index (χ0v) is 11.8. The van der Waals surface area contributed by atoms with Crippen molar-refractivity contribution in [1.82, 2.24) is 9.78 Å². The van der Waals surface area contributed by atoms with Crippen molar-refractivity contribution in [2.75, 3.05) is 12.9 Å². The molecular formula is C13H20N2O2S. The fourth-order valence-corrected chi connectivity index (χ4v) is 3.55. The first-order valence-corrected chi connectivity index (χ1v) is 7.55. The summed E-state index contributed by atoms with van der Waals surface area (Å²) in [5.41, 5.74) is 0.616. The Bertz CT molecular complexity index is 390. The second-order valence-corrected chi connectivity index (χ2v) is 5.81. The number of hydrogen-bond donors (Lipinski definition) is 0. The number of ether oxygens (including phenoxy) is 1. The second-order valence-electron chi connectivity index (χ2n) is 4.52. The Balaban J connectivity index is 2.00. The van der Waals surface area contributed by atoms with E-state index in [4.69, 9.17) is 4.74 Å². The molecule has 0 radical (unpaired) electrons. The molecule has 0 bridgehead atoms. The van der Waals surface area contributed by atoms with Crippen LogP contribution in [0, 0.1) is 0 Å². The summed E-state index contributed by atoms with van der Waals surface area (Å²) in [6, 6.07) is 0. The Kier molecular flexibility index (Phi) is 4.69. The van der Waals surface area contributed by atoms with Gasteiger partial charge in [0, 0.05) is 11.8 Å². The van der Waals surface area contributed by atoms with Crippen molar-refractivity contribution in [2.45, 2.75) is 44.4 Å². The average Bonchev–Trinajstić information content (AvgIpc) is 3.04. The van der Waals surface area contributed by atoms with Gasteiger partial charge in [-0.15, -0.1) is 0 Å². The molecule has 0 unspecified atom stereocenters. The van der Waals surface area contributed by atoms with Crippen LogP contribution in [0.4, 0.5) is 0 Å². The highest BCUT2D eigenvalue weighted by Gasteiger charge is 2.21. The molecule has 2 rings (SSSR count). The topological polar surface area (TPSA) is 44.1 Å². The van der Waals surface area contributed by atoms with Crippen LogP contribution in [-0.4, -0.2) is 33.7 Å². The number of rotatable bonds is 6. The lowest BCUT2D eigenvalue weighted by Gasteiger charge is -2.09. The molecule has 0 aromatic carbocycles. The molecule has 0 atom stereocenters. The Morgan fingerprint density at radius 1 is 1.56 bits per heavy atom. The van der Waals surface area contributed by atoms with E-state index in [0.29, 0.717) is 29.0 Å². The van der Waals surface area contributed by atoms with E-state index in [0.717, 1.165) is 0 Å². The van der Waals surface area contributed by atoms with Crippen LogP contribution in [0.2, 0.25) is 0 Å². The quantitative estimate of drug-likeness (QED) is 0.744.